The second kappa shape index (κ2) is 4.52. The maximum atomic E-state index is 12.4. The van der Waals surface area contributed by atoms with Gasteiger partial charge in [-0.3, -0.25) is 4.98 Å². The van der Waals surface area contributed by atoms with Crippen molar-refractivity contribution >= 4 is 17.3 Å². The molecule has 0 bridgehead atoms. The summed E-state index contributed by atoms with van der Waals surface area (Å²) in [5.74, 6) is -0.132. The van der Waals surface area contributed by atoms with Gasteiger partial charge in [0.25, 0.3) is 6.43 Å². The number of aromatic nitrogens is 1. The average molecular weight is 223 g/mol. The molecule has 1 aromatic heterocycles. The van der Waals surface area contributed by atoms with E-state index in [1.807, 2.05) is 0 Å². The molecule has 0 atom stereocenters. The number of nitrogens with zero attached hydrogens (tertiary/aromatic N) is 1. The number of alkyl halides is 3. The fraction of sp³-hybridized carbons (Fsp3) is 0.375. The van der Waals surface area contributed by atoms with E-state index in [9.17, 15) is 8.78 Å². The normalized spacial score (nSPS) is 10.9. The highest BCUT2D eigenvalue weighted by molar-refractivity contribution is 6.17. The lowest BCUT2D eigenvalue weighted by Gasteiger charge is -2.09. The Morgan fingerprint density at radius 3 is 2.57 bits per heavy atom. The van der Waals surface area contributed by atoms with Gasteiger partial charge in [-0.1, -0.05) is 0 Å². The van der Waals surface area contributed by atoms with Gasteiger partial charge in [0.1, 0.15) is 0 Å². The third-order valence-electron chi connectivity index (χ3n) is 1.76. The molecule has 3 nitrogen and oxygen atoms in total. The molecule has 0 aliphatic carbocycles. The lowest BCUT2D eigenvalue weighted by Crippen LogP contribution is -2.05. The van der Waals surface area contributed by atoms with Crippen LogP contribution in [0.4, 0.5) is 14.5 Å². The molecule has 3 N–H and O–H groups in total. The minimum absolute atomic E-state index is 0.0525. The molecule has 1 heterocycles. The van der Waals surface area contributed by atoms with Gasteiger partial charge in [-0.15, -0.1) is 11.6 Å². The molecule has 0 aromatic carbocycles. The van der Waals surface area contributed by atoms with Crippen LogP contribution in [0.5, 0.6) is 0 Å². The first kappa shape index (κ1) is 11.1. The number of aliphatic hydroxyl groups is 1. The number of aliphatic hydroxyl groups excluding tert-OH is 1. The van der Waals surface area contributed by atoms with E-state index in [-0.39, 0.29) is 35.1 Å². The first-order valence-corrected chi connectivity index (χ1v) is 4.36. The van der Waals surface area contributed by atoms with Gasteiger partial charge in [-0.2, -0.15) is 0 Å². The van der Waals surface area contributed by atoms with Crippen LogP contribution in [0, 0.1) is 0 Å². The monoisotopic (exact) mass is 222 g/mol. The molecule has 0 amide bonds. The smallest absolute Gasteiger partial charge is 0.265 e. The molecule has 0 aliphatic heterocycles. The zero-order valence-corrected chi connectivity index (χ0v) is 7.93. The number of hydrogen-bond donors (Lipinski definition) is 2. The highest BCUT2D eigenvalue weighted by Crippen LogP contribution is 2.26. The van der Waals surface area contributed by atoms with Gasteiger partial charge in [0, 0.05) is 5.56 Å². The van der Waals surface area contributed by atoms with Gasteiger partial charge >= 0.3 is 0 Å². The van der Waals surface area contributed by atoms with Crippen molar-refractivity contribution in [1.82, 2.24) is 4.98 Å². The number of nitrogens with two attached hydrogens (primary N) is 1. The Labute approximate surface area is 84.5 Å². The van der Waals surface area contributed by atoms with E-state index in [2.05, 4.69) is 4.98 Å². The lowest BCUT2D eigenvalue weighted by atomic mass is 10.1. The van der Waals surface area contributed by atoms with E-state index >= 15 is 0 Å². The maximum absolute atomic E-state index is 12.4. The number of halogens is 3. The molecular weight excluding hydrogens is 214 g/mol. The van der Waals surface area contributed by atoms with Crippen molar-refractivity contribution in [2.75, 3.05) is 5.73 Å². The summed E-state index contributed by atoms with van der Waals surface area (Å²) in [7, 11) is 0. The summed E-state index contributed by atoms with van der Waals surface area (Å²) in [5, 5.41) is 8.79. The average Bonchev–Trinajstić information content (AvgIpc) is 2.17. The van der Waals surface area contributed by atoms with Crippen molar-refractivity contribution in [3.63, 3.8) is 0 Å². The third kappa shape index (κ3) is 2.10. The molecule has 0 saturated heterocycles. The zero-order valence-electron chi connectivity index (χ0n) is 7.17. The van der Waals surface area contributed by atoms with Crippen LogP contribution in [0.3, 0.4) is 0 Å². The SMILES string of the molecule is Nc1cc(C(F)F)c(CCl)nc1CO. The Kier molecular flexibility index (Phi) is 3.60. The Morgan fingerprint density at radius 1 is 1.50 bits per heavy atom. The van der Waals surface area contributed by atoms with Crippen molar-refractivity contribution < 1.29 is 13.9 Å². The van der Waals surface area contributed by atoms with Crippen molar-refractivity contribution in [2.45, 2.75) is 18.9 Å². The van der Waals surface area contributed by atoms with Crippen LogP contribution in [0.25, 0.3) is 0 Å². The van der Waals surface area contributed by atoms with Crippen molar-refractivity contribution in [2.24, 2.45) is 0 Å². The van der Waals surface area contributed by atoms with Crippen LogP contribution < -0.4 is 5.73 Å². The van der Waals surface area contributed by atoms with Gasteiger partial charge in [0.05, 0.1) is 29.6 Å². The van der Waals surface area contributed by atoms with Crippen LogP contribution >= 0.6 is 11.6 Å². The summed E-state index contributed by atoms with van der Waals surface area (Å²) in [6.07, 6.45) is -2.66. The number of anilines is 1. The molecule has 1 aromatic rings. The van der Waals surface area contributed by atoms with Gasteiger partial charge in [-0.25, -0.2) is 8.78 Å². The molecule has 0 unspecified atom stereocenters. The highest BCUT2D eigenvalue weighted by Gasteiger charge is 2.16. The summed E-state index contributed by atoms with van der Waals surface area (Å²) in [4.78, 5) is 3.74. The number of hydrogen-bond acceptors (Lipinski definition) is 3. The van der Waals surface area contributed by atoms with Crippen molar-refractivity contribution in [3.8, 4) is 0 Å². The molecule has 78 valence electrons. The Hall–Kier alpha value is -0.940. The Balaban J connectivity index is 3.24. The van der Waals surface area contributed by atoms with E-state index in [1.165, 1.54) is 0 Å². The molecular formula is C8H9ClF2N2O. The molecule has 0 fully saturated rings. The molecule has 0 radical (unpaired) electrons. The lowest BCUT2D eigenvalue weighted by molar-refractivity contribution is 0.150. The zero-order chi connectivity index (χ0) is 10.7. The van der Waals surface area contributed by atoms with Crippen LogP contribution in [0.1, 0.15) is 23.4 Å². The van der Waals surface area contributed by atoms with E-state index < -0.39 is 6.43 Å². The fourth-order valence-corrected chi connectivity index (χ4v) is 1.26. The molecule has 1 rings (SSSR count). The van der Waals surface area contributed by atoms with Crippen molar-refractivity contribution in [3.05, 3.63) is 23.0 Å². The molecule has 0 saturated carbocycles. The Morgan fingerprint density at radius 2 is 2.14 bits per heavy atom. The first-order valence-electron chi connectivity index (χ1n) is 3.83. The standard InChI is InChI=1S/C8H9ClF2N2O/c9-2-6-4(8(10)11)1-5(12)7(3-14)13-6/h1,8,14H,2-3,12H2. The first-order chi connectivity index (χ1) is 6.60. The third-order valence-corrected chi connectivity index (χ3v) is 2.01. The quantitative estimate of drug-likeness (QED) is 0.768. The summed E-state index contributed by atoms with van der Waals surface area (Å²) in [5.41, 5.74) is 5.39. The largest absolute Gasteiger partial charge is 0.397 e. The van der Waals surface area contributed by atoms with Crippen LogP contribution in [0.15, 0.2) is 6.07 Å². The molecule has 0 spiro atoms. The summed E-state index contributed by atoms with van der Waals surface area (Å²) >= 11 is 5.44. The summed E-state index contributed by atoms with van der Waals surface area (Å²) < 4.78 is 24.8. The predicted molar refractivity (Wildman–Crippen MR) is 49.1 cm³/mol. The number of nitrogen functional groups attached to an aromatic ring is 1. The van der Waals surface area contributed by atoms with Crippen molar-refractivity contribution in [1.29, 1.82) is 0 Å². The van der Waals surface area contributed by atoms with Crippen LogP contribution in [-0.2, 0) is 12.5 Å². The van der Waals surface area contributed by atoms with Crippen LogP contribution in [-0.4, -0.2) is 10.1 Å². The molecule has 6 heteroatoms. The fourth-order valence-electron chi connectivity index (χ4n) is 1.05. The topological polar surface area (TPSA) is 59.1 Å². The van der Waals surface area contributed by atoms with E-state index in [4.69, 9.17) is 22.4 Å². The van der Waals surface area contributed by atoms with Gasteiger partial charge in [0.2, 0.25) is 0 Å². The highest BCUT2D eigenvalue weighted by atomic mass is 35.5. The minimum Gasteiger partial charge on any atom is -0.397 e. The second-order valence-corrected chi connectivity index (χ2v) is 2.92. The van der Waals surface area contributed by atoms with Gasteiger partial charge in [0.15, 0.2) is 0 Å². The Bertz CT molecular complexity index is 333. The predicted octanol–water partition coefficient (Wildman–Crippen LogP) is 1.83. The maximum Gasteiger partial charge on any atom is 0.265 e. The van der Waals surface area contributed by atoms with E-state index in [1.54, 1.807) is 0 Å². The minimum atomic E-state index is -2.66. The molecule has 14 heavy (non-hydrogen) atoms. The van der Waals surface area contributed by atoms with Crippen LogP contribution in [0.2, 0.25) is 0 Å². The van der Waals surface area contributed by atoms with Gasteiger partial charge < -0.3 is 10.8 Å². The summed E-state index contributed by atoms with van der Waals surface area (Å²) in [6.45, 7) is -0.390. The number of rotatable bonds is 3. The molecule has 0 aliphatic rings. The second-order valence-electron chi connectivity index (χ2n) is 2.65. The summed E-state index contributed by atoms with van der Waals surface area (Å²) in [6, 6.07) is 1.10. The number of pyridine rings is 1. The van der Waals surface area contributed by atoms with E-state index in [0.29, 0.717) is 0 Å². The van der Waals surface area contributed by atoms with E-state index in [0.717, 1.165) is 6.07 Å². The van der Waals surface area contributed by atoms with Gasteiger partial charge in [-0.05, 0) is 6.07 Å².